The Bertz CT molecular complexity index is 1050. The van der Waals surface area contributed by atoms with E-state index in [2.05, 4.69) is 43.4 Å². The minimum atomic E-state index is -0.652. The van der Waals surface area contributed by atoms with Crippen molar-refractivity contribution in [2.75, 3.05) is 36.4 Å². The van der Waals surface area contributed by atoms with Crippen LogP contribution in [-0.4, -0.2) is 51.9 Å². The van der Waals surface area contributed by atoms with Gasteiger partial charge in [-0.3, -0.25) is 4.90 Å². The Morgan fingerprint density at radius 1 is 0.935 bits per heavy atom. The molecule has 3 heterocycles. The summed E-state index contributed by atoms with van der Waals surface area (Å²) in [5.74, 6) is -0.929. The molecule has 2 fully saturated rings. The fourth-order valence-electron chi connectivity index (χ4n) is 4.36. The second kappa shape index (κ2) is 8.26. The molecule has 0 aliphatic carbocycles. The Morgan fingerprint density at radius 2 is 1.68 bits per heavy atom. The van der Waals surface area contributed by atoms with Crippen molar-refractivity contribution in [1.82, 2.24) is 19.7 Å². The minimum Gasteiger partial charge on any atom is -0.368 e. The molecule has 2 aromatic carbocycles. The predicted molar refractivity (Wildman–Crippen MR) is 117 cm³/mol. The van der Waals surface area contributed by atoms with Crippen LogP contribution in [0.1, 0.15) is 24.8 Å². The van der Waals surface area contributed by atoms with Crippen LogP contribution in [0.4, 0.5) is 26.1 Å². The van der Waals surface area contributed by atoms with Gasteiger partial charge in [0.1, 0.15) is 18.0 Å². The van der Waals surface area contributed by atoms with E-state index in [-0.39, 0.29) is 5.69 Å². The quantitative estimate of drug-likeness (QED) is 0.663. The third kappa shape index (κ3) is 4.25. The summed E-state index contributed by atoms with van der Waals surface area (Å²) in [6.07, 6.45) is 5.43. The Morgan fingerprint density at radius 3 is 2.42 bits per heavy atom. The van der Waals surface area contributed by atoms with Crippen molar-refractivity contribution in [3.05, 3.63) is 59.9 Å². The number of aromatic nitrogens is 3. The van der Waals surface area contributed by atoms with Crippen LogP contribution in [0, 0.1) is 18.6 Å². The molecule has 162 valence electrons. The van der Waals surface area contributed by atoms with E-state index in [0.717, 1.165) is 30.4 Å². The van der Waals surface area contributed by atoms with Gasteiger partial charge in [0.05, 0.1) is 5.69 Å². The number of anilines is 3. The summed E-state index contributed by atoms with van der Waals surface area (Å²) in [6, 6.07) is 10.3. The highest BCUT2D eigenvalue weighted by molar-refractivity contribution is 5.66. The highest BCUT2D eigenvalue weighted by Gasteiger charge is 2.32. The third-order valence-corrected chi connectivity index (χ3v) is 6.21. The van der Waals surface area contributed by atoms with Crippen molar-refractivity contribution >= 4 is 17.3 Å². The topological polar surface area (TPSA) is 49.2 Å². The summed E-state index contributed by atoms with van der Waals surface area (Å²) < 4.78 is 28.4. The Labute approximate surface area is 180 Å². The highest BCUT2D eigenvalue weighted by Crippen LogP contribution is 2.30. The standard InChI is InChI=1S/C23H26F2N6/c1-16-5-6-19(30-13-21(14-30)29-7-3-2-4-8-29)12-22(16)27-23-26-15-31(28-23)20-10-17(24)9-18(25)11-20/h5-6,9-12,15,21H,2-4,7-8,13-14H2,1H3,(H,27,28). The third-order valence-electron chi connectivity index (χ3n) is 6.21. The van der Waals surface area contributed by atoms with Crippen LogP contribution < -0.4 is 10.2 Å². The molecule has 0 radical (unpaired) electrons. The molecule has 31 heavy (non-hydrogen) atoms. The van der Waals surface area contributed by atoms with Gasteiger partial charge in [-0.05, 0) is 62.7 Å². The number of nitrogens with zero attached hydrogens (tertiary/aromatic N) is 5. The molecule has 0 amide bonds. The van der Waals surface area contributed by atoms with Crippen LogP contribution in [0.5, 0.6) is 0 Å². The number of halogens is 2. The zero-order valence-corrected chi connectivity index (χ0v) is 17.6. The number of nitrogens with one attached hydrogen (secondary N) is 1. The summed E-state index contributed by atoms with van der Waals surface area (Å²) in [5, 5.41) is 7.56. The summed E-state index contributed by atoms with van der Waals surface area (Å²) >= 11 is 0. The van der Waals surface area contributed by atoms with E-state index in [4.69, 9.17) is 0 Å². The van der Waals surface area contributed by atoms with Gasteiger partial charge in [-0.15, -0.1) is 5.10 Å². The lowest BCUT2D eigenvalue weighted by atomic mass is 10.0. The van der Waals surface area contributed by atoms with Gasteiger partial charge in [0.25, 0.3) is 0 Å². The lowest BCUT2D eigenvalue weighted by molar-refractivity contribution is 0.139. The molecule has 2 saturated heterocycles. The maximum atomic E-state index is 13.5. The molecule has 0 bridgehead atoms. The average Bonchev–Trinajstić information content (AvgIpc) is 3.18. The maximum Gasteiger partial charge on any atom is 0.246 e. The van der Waals surface area contributed by atoms with Crippen molar-refractivity contribution in [3.63, 3.8) is 0 Å². The van der Waals surface area contributed by atoms with Crippen molar-refractivity contribution in [2.45, 2.75) is 32.2 Å². The van der Waals surface area contributed by atoms with Gasteiger partial charge < -0.3 is 10.2 Å². The predicted octanol–water partition coefficient (Wildman–Crippen LogP) is 4.27. The van der Waals surface area contributed by atoms with Gasteiger partial charge in [-0.2, -0.15) is 4.98 Å². The summed E-state index contributed by atoms with van der Waals surface area (Å²) in [6.45, 7) is 6.59. The van der Waals surface area contributed by atoms with E-state index in [9.17, 15) is 8.78 Å². The lowest BCUT2D eigenvalue weighted by Crippen LogP contribution is -2.60. The van der Waals surface area contributed by atoms with Crippen molar-refractivity contribution in [3.8, 4) is 5.69 Å². The Hall–Kier alpha value is -3.00. The molecule has 5 rings (SSSR count). The molecule has 3 aromatic rings. The van der Waals surface area contributed by atoms with Crippen LogP contribution in [0.3, 0.4) is 0 Å². The molecule has 8 heteroatoms. The first kappa shape index (κ1) is 19.9. The molecular formula is C23H26F2N6. The fraction of sp³-hybridized carbons (Fsp3) is 0.391. The van der Waals surface area contributed by atoms with Gasteiger partial charge in [0, 0.05) is 36.6 Å². The molecular weight excluding hydrogens is 398 g/mol. The lowest BCUT2D eigenvalue weighted by Gasteiger charge is -2.48. The normalized spacial score (nSPS) is 17.6. The summed E-state index contributed by atoms with van der Waals surface area (Å²) in [5.41, 5.74) is 3.45. The zero-order chi connectivity index (χ0) is 21.4. The molecule has 2 aliphatic rings. The van der Waals surface area contributed by atoms with Gasteiger partial charge in [-0.1, -0.05) is 12.5 Å². The van der Waals surface area contributed by atoms with Gasteiger partial charge in [0.15, 0.2) is 0 Å². The van der Waals surface area contributed by atoms with Crippen LogP contribution in [0.15, 0.2) is 42.7 Å². The van der Waals surface area contributed by atoms with Crippen molar-refractivity contribution in [1.29, 1.82) is 0 Å². The first-order valence-electron chi connectivity index (χ1n) is 10.8. The molecule has 0 saturated carbocycles. The minimum absolute atomic E-state index is 0.285. The molecule has 6 nitrogen and oxygen atoms in total. The first-order chi connectivity index (χ1) is 15.0. The van der Waals surface area contributed by atoms with E-state index in [1.807, 2.05) is 6.92 Å². The van der Waals surface area contributed by atoms with Crippen molar-refractivity contribution in [2.24, 2.45) is 0 Å². The second-order valence-electron chi connectivity index (χ2n) is 8.42. The zero-order valence-electron chi connectivity index (χ0n) is 17.6. The molecule has 2 aliphatic heterocycles. The molecule has 0 spiro atoms. The van der Waals surface area contributed by atoms with Crippen LogP contribution in [-0.2, 0) is 0 Å². The fourth-order valence-corrected chi connectivity index (χ4v) is 4.36. The average molecular weight is 424 g/mol. The first-order valence-corrected chi connectivity index (χ1v) is 10.8. The van der Waals surface area contributed by atoms with Crippen LogP contribution >= 0.6 is 0 Å². The SMILES string of the molecule is Cc1ccc(N2CC(N3CCCCC3)C2)cc1Nc1ncn(-c2cc(F)cc(F)c2)n1. The Balaban J connectivity index is 1.28. The number of hydrogen-bond acceptors (Lipinski definition) is 5. The summed E-state index contributed by atoms with van der Waals surface area (Å²) in [4.78, 5) is 9.26. The van der Waals surface area contributed by atoms with Crippen molar-refractivity contribution < 1.29 is 8.78 Å². The van der Waals surface area contributed by atoms with E-state index < -0.39 is 11.6 Å². The molecule has 0 unspecified atom stereocenters. The van der Waals surface area contributed by atoms with Crippen LogP contribution in [0.2, 0.25) is 0 Å². The maximum absolute atomic E-state index is 13.5. The number of piperidine rings is 1. The van der Waals surface area contributed by atoms with E-state index in [0.29, 0.717) is 12.0 Å². The number of aryl methyl sites for hydroxylation is 1. The number of hydrogen-bond donors (Lipinski definition) is 1. The summed E-state index contributed by atoms with van der Waals surface area (Å²) in [7, 11) is 0. The van der Waals surface area contributed by atoms with Gasteiger partial charge in [0.2, 0.25) is 5.95 Å². The largest absolute Gasteiger partial charge is 0.368 e. The number of rotatable bonds is 5. The highest BCUT2D eigenvalue weighted by atomic mass is 19.1. The second-order valence-corrected chi connectivity index (χ2v) is 8.42. The van der Waals surface area contributed by atoms with Crippen LogP contribution in [0.25, 0.3) is 5.69 Å². The number of likely N-dealkylation sites (tertiary alicyclic amines) is 1. The monoisotopic (exact) mass is 424 g/mol. The molecule has 1 N–H and O–H groups in total. The Kier molecular flexibility index (Phi) is 5.31. The molecule has 0 atom stereocenters. The van der Waals surface area contributed by atoms with E-state index >= 15 is 0 Å². The number of benzene rings is 2. The van der Waals surface area contributed by atoms with E-state index in [1.165, 1.54) is 61.2 Å². The van der Waals surface area contributed by atoms with E-state index in [1.54, 1.807) is 0 Å². The molecule has 1 aromatic heterocycles. The van der Waals surface area contributed by atoms with Gasteiger partial charge >= 0.3 is 0 Å². The smallest absolute Gasteiger partial charge is 0.246 e. The van der Waals surface area contributed by atoms with Gasteiger partial charge in [-0.25, -0.2) is 13.5 Å².